The van der Waals surface area contributed by atoms with Crippen LogP contribution in [0.25, 0.3) is 10.4 Å². The van der Waals surface area contributed by atoms with Gasteiger partial charge in [0.2, 0.25) is 11.8 Å². The van der Waals surface area contributed by atoms with Crippen LogP contribution in [-0.4, -0.2) is 42.2 Å². The van der Waals surface area contributed by atoms with Crippen LogP contribution in [0.5, 0.6) is 0 Å². The molecule has 3 unspecified atom stereocenters. The van der Waals surface area contributed by atoms with E-state index in [1.807, 2.05) is 6.92 Å². The van der Waals surface area contributed by atoms with Crippen LogP contribution in [0, 0.1) is 5.41 Å². The molecule has 8 heteroatoms. The van der Waals surface area contributed by atoms with E-state index in [2.05, 4.69) is 20.7 Å². The molecular weight excluding hydrogens is 274 g/mol. The van der Waals surface area contributed by atoms with Gasteiger partial charge in [0, 0.05) is 23.9 Å². The van der Waals surface area contributed by atoms with E-state index in [0.29, 0.717) is 6.42 Å². The summed E-state index contributed by atoms with van der Waals surface area (Å²) in [6.45, 7) is 6.73. The summed E-state index contributed by atoms with van der Waals surface area (Å²) in [5, 5.41) is 17.9. The number of rotatable bonds is 8. The fraction of sp³-hybridized carbons (Fsp3) is 0.846. The highest BCUT2D eigenvalue weighted by molar-refractivity contribution is 5.88. The highest BCUT2D eigenvalue weighted by Gasteiger charge is 2.43. The van der Waals surface area contributed by atoms with Crippen LogP contribution in [0.4, 0.5) is 0 Å². The van der Waals surface area contributed by atoms with Crippen molar-refractivity contribution < 1.29 is 14.7 Å². The molecule has 0 aromatic heterocycles. The third kappa shape index (κ3) is 5.24. The van der Waals surface area contributed by atoms with E-state index < -0.39 is 23.0 Å². The Bertz CT molecular complexity index is 434. The Morgan fingerprint density at radius 3 is 2.33 bits per heavy atom. The van der Waals surface area contributed by atoms with E-state index in [1.165, 1.54) is 14.0 Å². The van der Waals surface area contributed by atoms with Gasteiger partial charge in [-0.3, -0.25) is 9.59 Å². The molecule has 0 saturated carbocycles. The first-order chi connectivity index (χ1) is 9.65. The van der Waals surface area contributed by atoms with E-state index in [1.54, 1.807) is 13.8 Å². The molecule has 120 valence electrons. The summed E-state index contributed by atoms with van der Waals surface area (Å²) in [6, 6.07) is 0. The molecule has 3 atom stereocenters. The van der Waals surface area contributed by atoms with Crippen LogP contribution in [0.3, 0.4) is 0 Å². The highest BCUT2D eigenvalue weighted by Crippen LogP contribution is 2.34. The zero-order valence-electron chi connectivity index (χ0n) is 13.3. The predicted octanol–water partition coefficient (Wildman–Crippen LogP) is 1.10. The van der Waals surface area contributed by atoms with Crippen molar-refractivity contribution in [1.29, 1.82) is 0 Å². The molecule has 0 aliphatic rings. The Morgan fingerprint density at radius 1 is 1.38 bits per heavy atom. The number of amides is 2. The van der Waals surface area contributed by atoms with Crippen molar-refractivity contribution >= 4 is 11.8 Å². The monoisotopic (exact) mass is 299 g/mol. The van der Waals surface area contributed by atoms with E-state index in [-0.39, 0.29) is 18.9 Å². The fourth-order valence-corrected chi connectivity index (χ4v) is 2.11. The first-order valence-electron chi connectivity index (χ1n) is 6.90. The molecule has 0 spiro atoms. The van der Waals surface area contributed by atoms with Gasteiger partial charge in [-0.05, 0) is 32.2 Å². The predicted molar refractivity (Wildman–Crippen MR) is 79.3 cm³/mol. The molecule has 2 amide bonds. The number of hydrogen-bond acceptors (Lipinski definition) is 4. The van der Waals surface area contributed by atoms with Gasteiger partial charge in [-0.15, -0.1) is 0 Å². The third-order valence-electron chi connectivity index (χ3n) is 3.60. The number of carbonyl (C=O) groups is 2. The lowest BCUT2D eigenvalue weighted by Crippen LogP contribution is -2.49. The molecule has 0 rings (SSSR count). The Balaban J connectivity index is 5.27. The van der Waals surface area contributed by atoms with E-state index in [4.69, 9.17) is 5.53 Å². The van der Waals surface area contributed by atoms with Crippen LogP contribution in [0.2, 0.25) is 0 Å². The fourth-order valence-electron chi connectivity index (χ4n) is 2.11. The number of nitrogens with one attached hydrogen (secondary N) is 2. The zero-order chi connectivity index (χ0) is 16.7. The van der Waals surface area contributed by atoms with Crippen LogP contribution in [-0.2, 0) is 9.59 Å². The second kappa shape index (κ2) is 7.85. The molecule has 21 heavy (non-hydrogen) atoms. The first-order valence-corrected chi connectivity index (χ1v) is 6.90. The molecule has 0 aromatic carbocycles. The van der Waals surface area contributed by atoms with Gasteiger partial charge >= 0.3 is 0 Å². The van der Waals surface area contributed by atoms with Crippen LogP contribution >= 0.6 is 0 Å². The maximum Gasteiger partial charge on any atom is 0.231 e. The summed E-state index contributed by atoms with van der Waals surface area (Å²) in [7, 11) is 1.45. The average molecular weight is 299 g/mol. The normalized spacial score (nSPS) is 17.6. The molecule has 0 bridgehead atoms. The standard InChI is InChI=1S/C13H25N5O3/c1-6-12(3,10(20)16-7-9(2)19)8-13(4,17-18-14)11(21)15-5/h9,19H,6-8H2,1-5H3,(H,15,21)(H,16,20). The number of nitrogens with zero attached hydrogens (tertiary/aromatic N) is 3. The quantitative estimate of drug-likeness (QED) is 0.353. The molecule has 0 aromatic rings. The number of aliphatic hydroxyl groups is 1. The molecule has 0 fully saturated rings. The van der Waals surface area contributed by atoms with Crippen molar-refractivity contribution in [2.24, 2.45) is 10.5 Å². The number of carbonyl (C=O) groups excluding carboxylic acids is 2. The van der Waals surface area contributed by atoms with E-state index in [0.717, 1.165) is 0 Å². The lowest BCUT2D eigenvalue weighted by atomic mass is 9.75. The number of likely N-dealkylation sites (N-methyl/N-ethyl adjacent to an activating group) is 1. The Morgan fingerprint density at radius 2 is 1.95 bits per heavy atom. The van der Waals surface area contributed by atoms with E-state index in [9.17, 15) is 14.7 Å². The molecule has 0 aliphatic carbocycles. The Kier molecular flexibility index (Phi) is 7.18. The lowest BCUT2D eigenvalue weighted by molar-refractivity contribution is -0.134. The molecule has 8 nitrogen and oxygen atoms in total. The molecular formula is C13H25N5O3. The molecule has 0 saturated heterocycles. The summed E-state index contributed by atoms with van der Waals surface area (Å²) in [5.41, 5.74) is 6.44. The summed E-state index contributed by atoms with van der Waals surface area (Å²) >= 11 is 0. The number of azide groups is 1. The van der Waals surface area contributed by atoms with Crippen LogP contribution in [0.15, 0.2) is 5.11 Å². The summed E-state index contributed by atoms with van der Waals surface area (Å²) in [5.74, 6) is -0.725. The SMILES string of the molecule is CCC(C)(CC(C)(N=[N+]=[N-])C(=O)NC)C(=O)NCC(C)O. The molecule has 0 radical (unpaired) electrons. The summed E-state index contributed by atoms with van der Waals surface area (Å²) in [4.78, 5) is 27.0. The van der Waals surface area contributed by atoms with Gasteiger partial charge in [0.1, 0.15) is 5.54 Å². The zero-order valence-corrected chi connectivity index (χ0v) is 13.3. The van der Waals surface area contributed by atoms with Crippen molar-refractivity contribution in [3.8, 4) is 0 Å². The molecule has 0 aliphatic heterocycles. The van der Waals surface area contributed by atoms with Gasteiger partial charge in [-0.1, -0.05) is 19.0 Å². The molecule has 3 N–H and O–H groups in total. The van der Waals surface area contributed by atoms with Crippen molar-refractivity contribution in [2.75, 3.05) is 13.6 Å². The maximum absolute atomic E-state index is 12.3. The third-order valence-corrected chi connectivity index (χ3v) is 3.60. The first kappa shape index (κ1) is 19.2. The number of aliphatic hydroxyl groups excluding tert-OH is 1. The smallest absolute Gasteiger partial charge is 0.231 e. The van der Waals surface area contributed by atoms with Crippen LogP contribution < -0.4 is 10.6 Å². The van der Waals surface area contributed by atoms with Gasteiger partial charge in [0.05, 0.1) is 6.10 Å². The summed E-state index contributed by atoms with van der Waals surface area (Å²) < 4.78 is 0. The van der Waals surface area contributed by atoms with Gasteiger partial charge in [0.15, 0.2) is 0 Å². The van der Waals surface area contributed by atoms with Gasteiger partial charge < -0.3 is 15.7 Å². The van der Waals surface area contributed by atoms with Crippen LogP contribution in [0.1, 0.15) is 40.5 Å². The Labute approximate surface area is 124 Å². The highest BCUT2D eigenvalue weighted by atomic mass is 16.3. The summed E-state index contributed by atoms with van der Waals surface area (Å²) in [6.07, 6.45) is -0.115. The van der Waals surface area contributed by atoms with Crippen molar-refractivity contribution in [1.82, 2.24) is 10.6 Å². The maximum atomic E-state index is 12.3. The van der Waals surface area contributed by atoms with Gasteiger partial charge in [0.25, 0.3) is 0 Å². The van der Waals surface area contributed by atoms with Crippen molar-refractivity contribution in [2.45, 2.75) is 52.2 Å². The second-order valence-corrected chi connectivity index (χ2v) is 5.69. The molecule has 0 heterocycles. The lowest BCUT2D eigenvalue weighted by Gasteiger charge is -2.34. The number of hydrogen-bond donors (Lipinski definition) is 3. The van der Waals surface area contributed by atoms with Gasteiger partial charge in [-0.25, -0.2) is 0 Å². The second-order valence-electron chi connectivity index (χ2n) is 5.69. The van der Waals surface area contributed by atoms with E-state index >= 15 is 0 Å². The van der Waals surface area contributed by atoms with Crippen molar-refractivity contribution in [3.05, 3.63) is 10.4 Å². The minimum absolute atomic E-state index is 0.0753. The van der Waals surface area contributed by atoms with Gasteiger partial charge in [-0.2, -0.15) is 0 Å². The average Bonchev–Trinajstić information content (AvgIpc) is 2.43. The minimum atomic E-state index is -1.35. The minimum Gasteiger partial charge on any atom is -0.392 e. The Hall–Kier alpha value is -1.79. The van der Waals surface area contributed by atoms with Crippen molar-refractivity contribution in [3.63, 3.8) is 0 Å². The topological polar surface area (TPSA) is 127 Å². The largest absolute Gasteiger partial charge is 0.392 e.